The van der Waals surface area contributed by atoms with Crippen LogP contribution in [0.4, 0.5) is 0 Å². The summed E-state index contributed by atoms with van der Waals surface area (Å²) in [5.41, 5.74) is 1.11. The van der Waals surface area contributed by atoms with E-state index in [9.17, 15) is 4.79 Å². The van der Waals surface area contributed by atoms with Crippen molar-refractivity contribution >= 4 is 5.91 Å². The minimum atomic E-state index is -0.295. The Morgan fingerprint density at radius 2 is 1.97 bits per heavy atom. The average Bonchev–Trinajstić information content (AvgIpc) is 3.41. The predicted molar refractivity (Wildman–Crippen MR) is 119 cm³/mol. The van der Waals surface area contributed by atoms with Crippen LogP contribution >= 0.6 is 0 Å². The number of carbonyl (C=O) groups is 1. The number of aromatic nitrogens is 3. The molecule has 0 atom stereocenters. The molecule has 0 fully saturated rings. The molecule has 0 bridgehead atoms. The third-order valence-electron chi connectivity index (χ3n) is 5.66. The van der Waals surface area contributed by atoms with Gasteiger partial charge in [-0.25, -0.2) is 0 Å². The molecule has 3 heterocycles. The van der Waals surface area contributed by atoms with E-state index >= 15 is 0 Å². The fraction of sp³-hybridized carbons (Fsp3) is 0.435. The van der Waals surface area contributed by atoms with Gasteiger partial charge in [-0.1, -0.05) is 6.07 Å². The molecule has 1 amide bonds. The first-order valence-electron chi connectivity index (χ1n) is 10.8. The molecule has 10 heteroatoms. The number of rotatable bonds is 9. The third-order valence-corrected chi connectivity index (χ3v) is 5.66. The van der Waals surface area contributed by atoms with Crippen molar-refractivity contribution in [1.82, 2.24) is 25.0 Å². The Balaban J connectivity index is 1.36. The van der Waals surface area contributed by atoms with E-state index in [4.69, 9.17) is 18.6 Å². The minimum Gasteiger partial charge on any atom is -0.497 e. The van der Waals surface area contributed by atoms with Gasteiger partial charge < -0.3 is 28.5 Å². The summed E-state index contributed by atoms with van der Waals surface area (Å²) in [5.74, 6) is 3.79. The molecule has 1 aliphatic rings. The van der Waals surface area contributed by atoms with Gasteiger partial charge in [-0.3, -0.25) is 9.69 Å². The van der Waals surface area contributed by atoms with Crippen molar-refractivity contribution in [2.45, 2.75) is 32.7 Å². The first-order chi connectivity index (χ1) is 16.1. The molecule has 0 radical (unpaired) electrons. The van der Waals surface area contributed by atoms with Crippen molar-refractivity contribution in [1.29, 1.82) is 0 Å². The summed E-state index contributed by atoms with van der Waals surface area (Å²) in [6.07, 6.45) is 0.776. The van der Waals surface area contributed by atoms with E-state index in [1.54, 1.807) is 33.5 Å². The monoisotopic (exact) mass is 455 g/mol. The molecule has 1 aliphatic heterocycles. The zero-order chi connectivity index (χ0) is 23.2. The van der Waals surface area contributed by atoms with Crippen LogP contribution in [0.25, 0.3) is 0 Å². The first kappa shape index (κ1) is 22.8. The van der Waals surface area contributed by atoms with E-state index < -0.39 is 0 Å². The Hall–Kier alpha value is -3.37. The fourth-order valence-electron chi connectivity index (χ4n) is 3.91. The van der Waals surface area contributed by atoms with Gasteiger partial charge >= 0.3 is 0 Å². The second kappa shape index (κ2) is 10.5. The molecule has 3 aromatic rings. The van der Waals surface area contributed by atoms with Crippen molar-refractivity contribution in [2.75, 3.05) is 34.4 Å². The van der Waals surface area contributed by atoms with Gasteiger partial charge in [0.1, 0.15) is 29.7 Å². The van der Waals surface area contributed by atoms with Crippen LogP contribution in [0, 0.1) is 0 Å². The van der Waals surface area contributed by atoms with Crippen LogP contribution < -0.4 is 14.8 Å². The quantitative estimate of drug-likeness (QED) is 0.523. The second-order valence-corrected chi connectivity index (χ2v) is 7.77. The number of nitrogens with one attached hydrogen (secondary N) is 1. The lowest BCUT2D eigenvalue weighted by molar-refractivity contribution is 0.0913. The Bertz CT molecular complexity index is 1090. The summed E-state index contributed by atoms with van der Waals surface area (Å²) >= 11 is 0. The van der Waals surface area contributed by atoms with E-state index in [2.05, 4.69) is 25.0 Å². The largest absolute Gasteiger partial charge is 0.497 e. The SMILES string of the molecule is COCc1ccc(C(=O)NCc2nnc3n2CCN(Cc2ccc(OC)cc2OC)CC3)o1. The van der Waals surface area contributed by atoms with E-state index in [-0.39, 0.29) is 18.2 Å². The van der Waals surface area contributed by atoms with E-state index in [1.807, 2.05) is 18.2 Å². The smallest absolute Gasteiger partial charge is 0.287 e. The molecule has 0 unspecified atom stereocenters. The van der Waals surface area contributed by atoms with Crippen LogP contribution in [0.15, 0.2) is 34.7 Å². The number of carbonyl (C=O) groups excluding carboxylic acids is 1. The fourth-order valence-corrected chi connectivity index (χ4v) is 3.91. The van der Waals surface area contributed by atoms with Crippen molar-refractivity contribution in [2.24, 2.45) is 0 Å². The molecule has 0 spiro atoms. The molecule has 1 aromatic carbocycles. The molecule has 0 saturated heterocycles. The van der Waals surface area contributed by atoms with E-state index in [0.717, 1.165) is 61.3 Å². The van der Waals surface area contributed by atoms with Gasteiger partial charge in [0.2, 0.25) is 0 Å². The van der Waals surface area contributed by atoms with Crippen molar-refractivity contribution in [3.8, 4) is 11.5 Å². The minimum absolute atomic E-state index is 0.247. The summed E-state index contributed by atoms with van der Waals surface area (Å²) in [5, 5.41) is 11.5. The van der Waals surface area contributed by atoms with Gasteiger partial charge in [-0.05, 0) is 18.2 Å². The Morgan fingerprint density at radius 3 is 2.76 bits per heavy atom. The molecule has 0 saturated carbocycles. The van der Waals surface area contributed by atoms with Gasteiger partial charge in [-0.2, -0.15) is 0 Å². The molecular weight excluding hydrogens is 426 g/mol. The molecule has 176 valence electrons. The standard InChI is InChI=1S/C23H29N5O5/c1-30-15-18-6-7-19(33-18)23(29)24-13-22-26-25-21-8-9-27(10-11-28(21)22)14-16-4-5-17(31-2)12-20(16)32-3/h4-7,12H,8-11,13-15H2,1-3H3,(H,24,29). The Labute approximate surface area is 192 Å². The molecule has 10 nitrogen and oxygen atoms in total. The number of benzene rings is 1. The number of fused-ring (bicyclic) bond motifs is 1. The van der Waals surface area contributed by atoms with E-state index in [1.165, 1.54) is 0 Å². The van der Waals surface area contributed by atoms with Crippen molar-refractivity contribution < 1.29 is 23.4 Å². The highest BCUT2D eigenvalue weighted by Gasteiger charge is 2.21. The van der Waals surface area contributed by atoms with Crippen LogP contribution in [0.5, 0.6) is 11.5 Å². The van der Waals surface area contributed by atoms with Gasteiger partial charge in [-0.15, -0.1) is 10.2 Å². The summed E-state index contributed by atoms with van der Waals surface area (Å²) in [6.45, 7) is 3.79. The summed E-state index contributed by atoms with van der Waals surface area (Å²) in [7, 11) is 4.89. The summed E-state index contributed by atoms with van der Waals surface area (Å²) in [6, 6.07) is 9.26. The van der Waals surface area contributed by atoms with Crippen molar-refractivity contribution in [3.63, 3.8) is 0 Å². The van der Waals surface area contributed by atoms with E-state index in [0.29, 0.717) is 12.4 Å². The topological polar surface area (TPSA) is 104 Å². The molecule has 2 aromatic heterocycles. The number of methoxy groups -OCH3 is 3. The molecule has 33 heavy (non-hydrogen) atoms. The van der Waals surface area contributed by atoms with Crippen LogP contribution in [-0.4, -0.2) is 60.0 Å². The maximum absolute atomic E-state index is 12.4. The molecule has 0 aliphatic carbocycles. The number of hydrogen-bond donors (Lipinski definition) is 1. The maximum atomic E-state index is 12.4. The average molecular weight is 456 g/mol. The van der Waals surface area contributed by atoms with Crippen LogP contribution in [-0.2, 0) is 37.4 Å². The first-order valence-corrected chi connectivity index (χ1v) is 10.8. The van der Waals surface area contributed by atoms with Crippen LogP contribution in [0.3, 0.4) is 0 Å². The molecule has 1 N–H and O–H groups in total. The lowest BCUT2D eigenvalue weighted by Crippen LogP contribution is -2.28. The third kappa shape index (κ3) is 5.35. The number of furan rings is 1. The number of nitrogens with zero attached hydrogens (tertiary/aromatic N) is 4. The Kier molecular flexibility index (Phi) is 7.26. The second-order valence-electron chi connectivity index (χ2n) is 7.77. The highest BCUT2D eigenvalue weighted by molar-refractivity contribution is 5.91. The van der Waals surface area contributed by atoms with Crippen molar-refractivity contribution in [3.05, 3.63) is 59.1 Å². The maximum Gasteiger partial charge on any atom is 0.287 e. The van der Waals surface area contributed by atoms with Gasteiger partial charge in [0.05, 0.1) is 20.8 Å². The predicted octanol–water partition coefficient (Wildman–Crippen LogP) is 2.02. The Morgan fingerprint density at radius 1 is 1.09 bits per heavy atom. The normalized spacial score (nSPS) is 13.9. The van der Waals surface area contributed by atoms with Gasteiger partial charge in [0, 0.05) is 51.3 Å². The van der Waals surface area contributed by atoms with Crippen LogP contribution in [0.2, 0.25) is 0 Å². The molecular formula is C23H29N5O5. The lowest BCUT2D eigenvalue weighted by atomic mass is 10.1. The highest BCUT2D eigenvalue weighted by Crippen LogP contribution is 2.26. The highest BCUT2D eigenvalue weighted by atomic mass is 16.5. The van der Waals surface area contributed by atoms with Crippen LogP contribution in [0.1, 0.15) is 33.5 Å². The molecule has 4 rings (SSSR count). The number of hydrogen-bond acceptors (Lipinski definition) is 8. The van der Waals surface area contributed by atoms with Gasteiger partial charge in [0.15, 0.2) is 11.6 Å². The van der Waals surface area contributed by atoms with Gasteiger partial charge in [0.25, 0.3) is 5.91 Å². The lowest BCUT2D eigenvalue weighted by Gasteiger charge is -2.21. The number of ether oxygens (including phenoxy) is 3. The summed E-state index contributed by atoms with van der Waals surface area (Å²) < 4.78 is 23.4. The zero-order valence-corrected chi connectivity index (χ0v) is 19.2. The number of amides is 1. The zero-order valence-electron chi connectivity index (χ0n) is 19.2. The summed E-state index contributed by atoms with van der Waals surface area (Å²) in [4.78, 5) is 14.8.